The molecule has 0 fully saturated rings. The number of nitrogen functional groups attached to an aromatic ring is 1. The van der Waals surface area contributed by atoms with Gasteiger partial charge in [0.25, 0.3) is 5.91 Å². The normalized spacial score (nSPS) is 9.86. The zero-order valence-corrected chi connectivity index (χ0v) is 9.04. The highest BCUT2D eigenvalue weighted by Gasteiger charge is 2.08. The predicted octanol–water partition coefficient (Wildman–Crippen LogP) is 0.753. The first-order valence-corrected chi connectivity index (χ1v) is 4.88. The maximum Gasteiger partial charge on any atom is 0.253 e. The molecule has 0 saturated carbocycles. The van der Waals surface area contributed by atoms with Crippen molar-refractivity contribution in [2.45, 2.75) is 0 Å². The van der Waals surface area contributed by atoms with E-state index < -0.39 is 0 Å². The van der Waals surface area contributed by atoms with Crippen LogP contribution in [0.2, 0.25) is 0 Å². The molecule has 0 aliphatic heterocycles. The fourth-order valence-corrected chi connectivity index (χ4v) is 1.38. The Balaban J connectivity index is 2.80. The summed E-state index contributed by atoms with van der Waals surface area (Å²) in [6.07, 6.45) is 0. The predicted molar refractivity (Wildman–Crippen MR) is 58.0 cm³/mol. The van der Waals surface area contributed by atoms with Crippen LogP contribution in [0.25, 0.3) is 0 Å². The van der Waals surface area contributed by atoms with Crippen LogP contribution in [0.3, 0.4) is 0 Å². The molecule has 76 valence electrons. The third kappa shape index (κ3) is 2.71. The lowest BCUT2D eigenvalue weighted by molar-refractivity contribution is 0.0945. The standard InChI is InChI=1S/C9H11BrN2O2/c10-6-1-2-7(8(11)5-6)9(14)12-3-4-13/h1-2,5,13H,3-4,11H2,(H,12,14). The van der Waals surface area contributed by atoms with Crippen molar-refractivity contribution in [1.82, 2.24) is 5.32 Å². The Morgan fingerprint density at radius 3 is 2.86 bits per heavy atom. The molecule has 4 nitrogen and oxygen atoms in total. The molecule has 1 aromatic rings. The van der Waals surface area contributed by atoms with Gasteiger partial charge >= 0.3 is 0 Å². The molecule has 0 spiro atoms. The molecule has 0 atom stereocenters. The number of rotatable bonds is 3. The summed E-state index contributed by atoms with van der Waals surface area (Å²) in [5.74, 6) is -0.274. The van der Waals surface area contributed by atoms with Crippen molar-refractivity contribution in [2.24, 2.45) is 0 Å². The smallest absolute Gasteiger partial charge is 0.253 e. The fraction of sp³-hybridized carbons (Fsp3) is 0.222. The minimum absolute atomic E-state index is 0.0812. The number of aliphatic hydroxyl groups is 1. The van der Waals surface area contributed by atoms with Gasteiger partial charge in [0.2, 0.25) is 0 Å². The zero-order chi connectivity index (χ0) is 10.6. The summed E-state index contributed by atoms with van der Waals surface area (Å²) in [6, 6.07) is 5.03. The van der Waals surface area contributed by atoms with Gasteiger partial charge in [0.15, 0.2) is 0 Å². The van der Waals surface area contributed by atoms with Gasteiger partial charge in [-0.2, -0.15) is 0 Å². The number of benzene rings is 1. The SMILES string of the molecule is Nc1cc(Br)ccc1C(=O)NCCO. The second-order valence-electron chi connectivity index (χ2n) is 2.71. The van der Waals surface area contributed by atoms with E-state index in [1.807, 2.05) is 0 Å². The van der Waals surface area contributed by atoms with Crippen LogP contribution in [0.1, 0.15) is 10.4 Å². The first kappa shape index (κ1) is 11.0. The van der Waals surface area contributed by atoms with E-state index >= 15 is 0 Å². The van der Waals surface area contributed by atoms with Crippen molar-refractivity contribution in [3.05, 3.63) is 28.2 Å². The maximum atomic E-state index is 11.4. The van der Waals surface area contributed by atoms with Crippen molar-refractivity contribution >= 4 is 27.5 Å². The number of amides is 1. The minimum Gasteiger partial charge on any atom is -0.398 e. The third-order valence-corrected chi connectivity index (χ3v) is 2.15. The molecule has 0 aliphatic carbocycles. The summed E-state index contributed by atoms with van der Waals surface area (Å²) < 4.78 is 0.828. The van der Waals surface area contributed by atoms with Crippen molar-refractivity contribution in [2.75, 3.05) is 18.9 Å². The van der Waals surface area contributed by atoms with Crippen molar-refractivity contribution < 1.29 is 9.90 Å². The van der Waals surface area contributed by atoms with Crippen LogP contribution in [-0.4, -0.2) is 24.2 Å². The van der Waals surface area contributed by atoms with E-state index in [1.165, 1.54) is 0 Å². The molecule has 0 aromatic heterocycles. The lowest BCUT2D eigenvalue weighted by atomic mass is 10.1. The first-order valence-electron chi connectivity index (χ1n) is 4.09. The van der Waals surface area contributed by atoms with Gasteiger partial charge < -0.3 is 16.2 Å². The van der Waals surface area contributed by atoms with Crippen molar-refractivity contribution in [1.29, 1.82) is 0 Å². The summed E-state index contributed by atoms with van der Waals surface area (Å²) in [7, 11) is 0. The summed E-state index contributed by atoms with van der Waals surface area (Å²) in [6.45, 7) is 0.149. The van der Waals surface area contributed by atoms with Gasteiger partial charge in [-0.1, -0.05) is 15.9 Å². The summed E-state index contributed by atoms with van der Waals surface area (Å²) >= 11 is 3.25. The molecule has 1 amide bonds. The Morgan fingerprint density at radius 2 is 2.29 bits per heavy atom. The summed E-state index contributed by atoms with van der Waals surface area (Å²) in [4.78, 5) is 11.4. The molecule has 0 radical (unpaired) electrons. The Morgan fingerprint density at radius 1 is 1.57 bits per heavy atom. The number of carbonyl (C=O) groups is 1. The van der Waals surface area contributed by atoms with E-state index in [1.54, 1.807) is 18.2 Å². The minimum atomic E-state index is -0.274. The molecule has 4 N–H and O–H groups in total. The highest BCUT2D eigenvalue weighted by molar-refractivity contribution is 9.10. The van der Waals surface area contributed by atoms with Gasteiger partial charge in [0.05, 0.1) is 12.2 Å². The van der Waals surface area contributed by atoms with E-state index in [0.717, 1.165) is 4.47 Å². The molecular formula is C9H11BrN2O2. The first-order chi connectivity index (χ1) is 6.65. The second-order valence-corrected chi connectivity index (χ2v) is 3.63. The summed E-state index contributed by atoms with van der Waals surface area (Å²) in [5, 5.41) is 11.0. The maximum absolute atomic E-state index is 11.4. The number of carbonyl (C=O) groups excluding carboxylic acids is 1. The lowest BCUT2D eigenvalue weighted by Crippen LogP contribution is -2.27. The molecule has 1 rings (SSSR count). The zero-order valence-electron chi connectivity index (χ0n) is 7.46. The van der Waals surface area contributed by atoms with Crippen molar-refractivity contribution in [3.8, 4) is 0 Å². The molecule has 0 unspecified atom stereocenters. The largest absolute Gasteiger partial charge is 0.398 e. The molecule has 14 heavy (non-hydrogen) atoms. The van der Waals surface area contributed by atoms with E-state index in [2.05, 4.69) is 21.2 Å². The van der Waals surface area contributed by atoms with Crippen LogP contribution < -0.4 is 11.1 Å². The van der Waals surface area contributed by atoms with Crippen LogP contribution >= 0.6 is 15.9 Å². The molecule has 0 saturated heterocycles. The van der Waals surface area contributed by atoms with Crippen molar-refractivity contribution in [3.63, 3.8) is 0 Å². The van der Waals surface area contributed by atoms with E-state index in [-0.39, 0.29) is 19.1 Å². The average Bonchev–Trinajstić information content (AvgIpc) is 2.14. The number of hydrogen-bond donors (Lipinski definition) is 3. The Bertz CT molecular complexity index is 342. The van der Waals surface area contributed by atoms with Crippen LogP contribution in [0, 0.1) is 0 Å². The van der Waals surface area contributed by atoms with E-state index in [4.69, 9.17) is 10.8 Å². The molecular weight excluding hydrogens is 248 g/mol. The Hall–Kier alpha value is -1.07. The fourth-order valence-electron chi connectivity index (χ4n) is 1.01. The molecule has 5 heteroatoms. The number of nitrogens with two attached hydrogens (primary N) is 1. The summed E-state index contributed by atoms with van der Waals surface area (Å²) in [5.41, 5.74) is 6.47. The quantitative estimate of drug-likeness (QED) is 0.701. The second kappa shape index (κ2) is 4.97. The van der Waals surface area contributed by atoms with Gasteiger partial charge in [-0.15, -0.1) is 0 Å². The van der Waals surface area contributed by atoms with Crippen LogP contribution in [0.4, 0.5) is 5.69 Å². The van der Waals surface area contributed by atoms with Crippen LogP contribution in [-0.2, 0) is 0 Å². The number of anilines is 1. The molecule has 1 aromatic carbocycles. The average molecular weight is 259 g/mol. The Labute approximate surface area is 90.2 Å². The van der Waals surface area contributed by atoms with Gasteiger partial charge in [-0.25, -0.2) is 0 Å². The van der Waals surface area contributed by atoms with E-state index in [0.29, 0.717) is 11.3 Å². The lowest BCUT2D eigenvalue weighted by Gasteiger charge is -2.06. The Kier molecular flexibility index (Phi) is 3.91. The third-order valence-electron chi connectivity index (χ3n) is 1.66. The van der Waals surface area contributed by atoms with Gasteiger partial charge in [0, 0.05) is 16.7 Å². The van der Waals surface area contributed by atoms with Gasteiger partial charge in [0.1, 0.15) is 0 Å². The van der Waals surface area contributed by atoms with Gasteiger partial charge in [-0.05, 0) is 18.2 Å². The number of nitrogens with one attached hydrogen (secondary N) is 1. The van der Waals surface area contributed by atoms with Crippen LogP contribution in [0.5, 0.6) is 0 Å². The monoisotopic (exact) mass is 258 g/mol. The highest BCUT2D eigenvalue weighted by Crippen LogP contribution is 2.18. The molecule has 0 heterocycles. The highest BCUT2D eigenvalue weighted by atomic mass is 79.9. The van der Waals surface area contributed by atoms with E-state index in [9.17, 15) is 4.79 Å². The number of aliphatic hydroxyl groups excluding tert-OH is 1. The molecule has 0 bridgehead atoms. The number of halogens is 1. The van der Waals surface area contributed by atoms with Gasteiger partial charge in [-0.3, -0.25) is 4.79 Å². The topological polar surface area (TPSA) is 75.4 Å². The van der Waals surface area contributed by atoms with Crippen LogP contribution in [0.15, 0.2) is 22.7 Å². The number of hydrogen-bond acceptors (Lipinski definition) is 3. The molecule has 0 aliphatic rings.